The first kappa shape index (κ1) is 18.1. The van der Waals surface area contributed by atoms with Gasteiger partial charge in [-0.25, -0.2) is 4.39 Å². The van der Waals surface area contributed by atoms with Gasteiger partial charge in [0.05, 0.1) is 17.8 Å². The Morgan fingerprint density at radius 1 is 1.19 bits per heavy atom. The standard InChI is InChI=1S/C20H23FN4O/c1-4-25-18-8-6-5-7-16(18)17(23-25)13-22-20(26)19(24(2)3)14-9-11-15(21)12-10-14/h5-12,19H,4,13H2,1-3H3,(H,22,26)/t19-/m0/s1. The molecule has 0 aliphatic rings. The summed E-state index contributed by atoms with van der Waals surface area (Å²) in [4.78, 5) is 14.6. The third kappa shape index (κ3) is 3.60. The van der Waals surface area contributed by atoms with Crippen LogP contribution in [0.4, 0.5) is 4.39 Å². The Balaban J connectivity index is 1.80. The number of halogens is 1. The Hall–Kier alpha value is -2.73. The number of rotatable bonds is 6. The molecule has 3 rings (SSSR count). The largest absolute Gasteiger partial charge is 0.349 e. The van der Waals surface area contributed by atoms with E-state index in [-0.39, 0.29) is 11.7 Å². The SMILES string of the molecule is CCn1nc(CNC(=O)[C@H](c2ccc(F)cc2)N(C)C)c2ccccc21. The molecule has 6 heteroatoms. The summed E-state index contributed by atoms with van der Waals surface area (Å²) < 4.78 is 15.1. The summed E-state index contributed by atoms with van der Waals surface area (Å²) in [6.07, 6.45) is 0. The highest BCUT2D eigenvalue weighted by molar-refractivity contribution is 5.85. The molecule has 0 saturated heterocycles. The van der Waals surface area contributed by atoms with Gasteiger partial charge in [-0.3, -0.25) is 14.4 Å². The number of likely N-dealkylation sites (N-methyl/N-ethyl adjacent to an activating group) is 1. The summed E-state index contributed by atoms with van der Waals surface area (Å²) >= 11 is 0. The first-order valence-electron chi connectivity index (χ1n) is 8.65. The smallest absolute Gasteiger partial charge is 0.242 e. The van der Waals surface area contributed by atoms with Gasteiger partial charge in [-0.2, -0.15) is 5.10 Å². The Kier molecular flexibility index (Phi) is 5.32. The number of carbonyl (C=O) groups excluding carboxylic acids is 1. The van der Waals surface area contributed by atoms with Crippen molar-refractivity contribution in [1.82, 2.24) is 20.0 Å². The van der Waals surface area contributed by atoms with E-state index in [1.165, 1.54) is 12.1 Å². The van der Waals surface area contributed by atoms with E-state index in [2.05, 4.69) is 10.4 Å². The van der Waals surface area contributed by atoms with Crippen LogP contribution in [-0.4, -0.2) is 34.7 Å². The molecule has 3 aromatic rings. The maximum absolute atomic E-state index is 13.2. The third-order valence-electron chi connectivity index (χ3n) is 4.41. The minimum Gasteiger partial charge on any atom is -0.349 e. The van der Waals surface area contributed by atoms with Crippen molar-refractivity contribution in [3.8, 4) is 0 Å². The molecule has 0 spiro atoms. The van der Waals surface area contributed by atoms with Crippen molar-refractivity contribution >= 4 is 16.8 Å². The van der Waals surface area contributed by atoms with Gasteiger partial charge < -0.3 is 5.32 Å². The zero-order valence-corrected chi connectivity index (χ0v) is 15.2. The van der Waals surface area contributed by atoms with Crippen molar-refractivity contribution < 1.29 is 9.18 Å². The van der Waals surface area contributed by atoms with E-state index < -0.39 is 6.04 Å². The number of nitrogens with zero attached hydrogens (tertiary/aromatic N) is 3. The highest BCUT2D eigenvalue weighted by atomic mass is 19.1. The van der Waals surface area contributed by atoms with Gasteiger partial charge in [0.1, 0.15) is 11.9 Å². The van der Waals surface area contributed by atoms with Gasteiger partial charge in [0.15, 0.2) is 0 Å². The fourth-order valence-electron chi connectivity index (χ4n) is 3.16. The molecule has 0 aliphatic heterocycles. The number of hydrogen-bond donors (Lipinski definition) is 1. The zero-order chi connectivity index (χ0) is 18.7. The van der Waals surface area contributed by atoms with E-state index in [4.69, 9.17) is 0 Å². The van der Waals surface area contributed by atoms with E-state index in [0.29, 0.717) is 6.54 Å². The van der Waals surface area contributed by atoms with Crippen LogP contribution in [0.15, 0.2) is 48.5 Å². The van der Waals surface area contributed by atoms with Crippen molar-refractivity contribution in [3.63, 3.8) is 0 Å². The monoisotopic (exact) mass is 354 g/mol. The van der Waals surface area contributed by atoms with Gasteiger partial charge in [-0.1, -0.05) is 30.3 Å². The van der Waals surface area contributed by atoms with Crippen LogP contribution in [0.1, 0.15) is 24.2 Å². The maximum Gasteiger partial charge on any atom is 0.242 e. The predicted molar refractivity (Wildman–Crippen MR) is 100 cm³/mol. The minimum absolute atomic E-state index is 0.142. The molecule has 5 nitrogen and oxygen atoms in total. The Bertz CT molecular complexity index is 902. The van der Waals surface area contributed by atoms with Gasteiger partial charge in [-0.05, 0) is 44.8 Å². The Morgan fingerprint density at radius 3 is 2.54 bits per heavy atom. The number of para-hydroxylation sites is 1. The highest BCUT2D eigenvalue weighted by Crippen LogP contribution is 2.21. The van der Waals surface area contributed by atoms with Crippen molar-refractivity contribution in [2.45, 2.75) is 26.1 Å². The fraction of sp³-hybridized carbons (Fsp3) is 0.300. The molecule has 0 aliphatic carbocycles. The summed E-state index contributed by atoms with van der Waals surface area (Å²) in [6.45, 7) is 3.15. The van der Waals surface area contributed by atoms with Gasteiger partial charge in [-0.15, -0.1) is 0 Å². The molecule has 1 aromatic heterocycles. The van der Waals surface area contributed by atoms with Crippen molar-refractivity contribution in [3.05, 3.63) is 65.6 Å². The number of carbonyl (C=O) groups is 1. The zero-order valence-electron chi connectivity index (χ0n) is 15.2. The summed E-state index contributed by atoms with van der Waals surface area (Å²) in [7, 11) is 3.66. The molecule has 0 radical (unpaired) electrons. The van der Waals surface area contributed by atoms with Gasteiger partial charge >= 0.3 is 0 Å². The lowest BCUT2D eigenvalue weighted by atomic mass is 10.1. The van der Waals surface area contributed by atoms with Crippen LogP contribution in [0.5, 0.6) is 0 Å². The number of amides is 1. The second kappa shape index (κ2) is 7.66. The van der Waals surface area contributed by atoms with Crippen LogP contribution in [0.3, 0.4) is 0 Å². The average Bonchev–Trinajstić information content (AvgIpc) is 2.99. The van der Waals surface area contributed by atoms with E-state index in [0.717, 1.165) is 28.7 Å². The number of fused-ring (bicyclic) bond motifs is 1. The molecule has 26 heavy (non-hydrogen) atoms. The second-order valence-corrected chi connectivity index (χ2v) is 6.42. The van der Waals surface area contributed by atoms with E-state index in [1.54, 1.807) is 12.1 Å². The van der Waals surface area contributed by atoms with E-state index in [1.807, 2.05) is 54.9 Å². The third-order valence-corrected chi connectivity index (χ3v) is 4.41. The van der Waals surface area contributed by atoms with Crippen LogP contribution in [0.25, 0.3) is 10.9 Å². The first-order valence-corrected chi connectivity index (χ1v) is 8.65. The van der Waals surface area contributed by atoms with E-state index in [9.17, 15) is 9.18 Å². The van der Waals surface area contributed by atoms with Crippen LogP contribution in [-0.2, 0) is 17.9 Å². The van der Waals surface area contributed by atoms with Crippen molar-refractivity contribution in [1.29, 1.82) is 0 Å². The van der Waals surface area contributed by atoms with Crippen LogP contribution < -0.4 is 5.32 Å². The van der Waals surface area contributed by atoms with Gasteiger partial charge in [0.25, 0.3) is 0 Å². The molecule has 0 fully saturated rings. The lowest BCUT2D eigenvalue weighted by Gasteiger charge is -2.23. The minimum atomic E-state index is -0.491. The number of hydrogen-bond acceptors (Lipinski definition) is 3. The topological polar surface area (TPSA) is 50.2 Å². The summed E-state index contributed by atoms with van der Waals surface area (Å²) in [5, 5.41) is 8.62. The summed E-state index contributed by atoms with van der Waals surface area (Å²) in [6, 6.07) is 13.5. The van der Waals surface area contributed by atoms with Crippen molar-refractivity contribution in [2.24, 2.45) is 0 Å². The molecule has 0 unspecified atom stereocenters. The summed E-state index contributed by atoms with van der Waals surface area (Å²) in [5.74, 6) is -0.458. The molecule has 0 bridgehead atoms. The predicted octanol–water partition coefficient (Wildman–Crippen LogP) is 3.11. The van der Waals surface area contributed by atoms with Crippen LogP contribution >= 0.6 is 0 Å². The van der Waals surface area contributed by atoms with Crippen molar-refractivity contribution in [2.75, 3.05) is 14.1 Å². The molecule has 1 amide bonds. The quantitative estimate of drug-likeness (QED) is 0.740. The number of nitrogens with one attached hydrogen (secondary N) is 1. The molecule has 1 heterocycles. The molecule has 0 saturated carbocycles. The first-order chi connectivity index (χ1) is 12.5. The molecule has 136 valence electrons. The molecular weight excluding hydrogens is 331 g/mol. The van der Waals surface area contributed by atoms with Gasteiger partial charge in [0.2, 0.25) is 5.91 Å². The number of benzene rings is 2. The summed E-state index contributed by atoms with van der Waals surface area (Å²) in [5.41, 5.74) is 2.65. The van der Waals surface area contributed by atoms with Crippen LogP contribution in [0, 0.1) is 5.82 Å². The molecule has 2 aromatic carbocycles. The lowest BCUT2D eigenvalue weighted by molar-refractivity contribution is -0.126. The number of aryl methyl sites for hydroxylation is 1. The number of aromatic nitrogens is 2. The van der Waals surface area contributed by atoms with Crippen LogP contribution in [0.2, 0.25) is 0 Å². The Morgan fingerprint density at radius 2 is 1.88 bits per heavy atom. The second-order valence-electron chi connectivity index (χ2n) is 6.42. The fourth-order valence-corrected chi connectivity index (χ4v) is 3.16. The van der Waals surface area contributed by atoms with Gasteiger partial charge in [0, 0.05) is 11.9 Å². The normalized spacial score (nSPS) is 12.5. The Labute approximate surface area is 152 Å². The molecule has 1 atom stereocenters. The average molecular weight is 354 g/mol. The maximum atomic E-state index is 13.2. The highest BCUT2D eigenvalue weighted by Gasteiger charge is 2.23. The van der Waals surface area contributed by atoms with E-state index >= 15 is 0 Å². The molecule has 1 N–H and O–H groups in total. The molecular formula is C20H23FN4O. The lowest BCUT2D eigenvalue weighted by Crippen LogP contribution is -2.36.